The van der Waals surface area contributed by atoms with Gasteiger partial charge in [-0.05, 0) is 36.4 Å². The van der Waals surface area contributed by atoms with Crippen LogP contribution in [0.5, 0.6) is 5.75 Å². The predicted molar refractivity (Wildman–Crippen MR) is 91.9 cm³/mol. The van der Waals surface area contributed by atoms with Crippen molar-refractivity contribution >= 4 is 23.2 Å². The van der Waals surface area contributed by atoms with E-state index in [1.165, 1.54) is 35.5 Å². The van der Waals surface area contributed by atoms with Gasteiger partial charge in [-0.2, -0.15) is 18.3 Å². The highest BCUT2D eigenvalue weighted by molar-refractivity contribution is 6.31. The topological polar surface area (TPSA) is 69.0 Å². The first-order valence-corrected chi connectivity index (χ1v) is 7.95. The standard InChI is InChI=1S/C17H12ClF3N4O2/c18-12-4-5-15(25-10-22-9-23-25)14(7-12)24-16(26)8-27-13-3-1-2-11(6-13)17(19,20)21/h1-7,9-10H,8H2,(H,24,26). The molecule has 0 aliphatic carbocycles. The Morgan fingerprint density at radius 3 is 2.74 bits per heavy atom. The van der Waals surface area contributed by atoms with Gasteiger partial charge in [0.15, 0.2) is 6.61 Å². The van der Waals surface area contributed by atoms with Crippen LogP contribution in [0.2, 0.25) is 5.02 Å². The number of carbonyl (C=O) groups is 1. The molecule has 2 aromatic carbocycles. The maximum Gasteiger partial charge on any atom is 0.416 e. The third-order valence-corrected chi connectivity index (χ3v) is 3.66. The number of nitrogens with one attached hydrogen (secondary N) is 1. The van der Waals surface area contributed by atoms with E-state index >= 15 is 0 Å². The normalized spacial score (nSPS) is 11.3. The highest BCUT2D eigenvalue weighted by atomic mass is 35.5. The van der Waals surface area contributed by atoms with Crippen LogP contribution in [0.25, 0.3) is 5.69 Å². The first-order chi connectivity index (χ1) is 12.8. The molecular formula is C17H12ClF3N4O2. The Bertz CT molecular complexity index is 946. The lowest BCUT2D eigenvalue weighted by Crippen LogP contribution is -2.21. The zero-order valence-corrected chi connectivity index (χ0v) is 14.3. The molecule has 27 heavy (non-hydrogen) atoms. The average molecular weight is 397 g/mol. The number of aromatic nitrogens is 3. The van der Waals surface area contributed by atoms with Gasteiger partial charge in [-0.3, -0.25) is 4.79 Å². The number of halogens is 4. The molecule has 3 aromatic rings. The van der Waals surface area contributed by atoms with Gasteiger partial charge >= 0.3 is 6.18 Å². The number of alkyl halides is 3. The highest BCUT2D eigenvalue weighted by Gasteiger charge is 2.30. The molecule has 0 aliphatic rings. The summed E-state index contributed by atoms with van der Waals surface area (Å²) in [5.74, 6) is -0.640. The third kappa shape index (κ3) is 4.76. The Balaban J connectivity index is 1.70. The van der Waals surface area contributed by atoms with Gasteiger partial charge in [-0.1, -0.05) is 17.7 Å². The van der Waals surface area contributed by atoms with Crippen LogP contribution in [0.3, 0.4) is 0 Å². The summed E-state index contributed by atoms with van der Waals surface area (Å²) >= 11 is 5.96. The summed E-state index contributed by atoms with van der Waals surface area (Å²) in [6.07, 6.45) is -1.72. The van der Waals surface area contributed by atoms with E-state index in [1.54, 1.807) is 12.1 Å². The van der Waals surface area contributed by atoms with Gasteiger partial charge in [0.05, 0.1) is 16.9 Å². The molecule has 10 heteroatoms. The van der Waals surface area contributed by atoms with Crippen molar-refractivity contribution in [1.29, 1.82) is 0 Å². The molecule has 0 unspecified atom stereocenters. The van der Waals surface area contributed by atoms with Crippen LogP contribution < -0.4 is 10.1 Å². The molecule has 0 spiro atoms. The maximum absolute atomic E-state index is 12.7. The molecule has 0 aliphatic heterocycles. The van der Waals surface area contributed by atoms with E-state index in [4.69, 9.17) is 16.3 Å². The van der Waals surface area contributed by atoms with Crippen LogP contribution in [-0.2, 0) is 11.0 Å². The highest BCUT2D eigenvalue weighted by Crippen LogP contribution is 2.31. The molecule has 0 saturated carbocycles. The fourth-order valence-corrected chi connectivity index (χ4v) is 2.41. The van der Waals surface area contributed by atoms with Crippen molar-refractivity contribution in [3.63, 3.8) is 0 Å². The summed E-state index contributed by atoms with van der Waals surface area (Å²) in [5.41, 5.74) is 0.0127. The summed E-state index contributed by atoms with van der Waals surface area (Å²) in [7, 11) is 0. The Hall–Kier alpha value is -3.07. The van der Waals surface area contributed by atoms with Gasteiger partial charge in [0, 0.05) is 5.02 Å². The fourth-order valence-electron chi connectivity index (χ4n) is 2.24. The van der Waals surface area contributed by atoms with E-state index in [1.807, 2.05) is 0 Å². The van der Waals surface area contributed by atoms with Crippen LogP contribution in [0.4, 0.5) is 18.9 Å². The lowest BCUT2D eigenvalue weighted by Gasteiger charge is -2.13. The molecule has 0 bridgehead atoms. The molecule has 1 aromatic heterocycles. The fraction of sp³-hybridized carbons (Fsp3) is 0.118. The van der Waals surface area contributed by atoms with E-state index in [2.05, 4.69) is 15.4 Å². The van der Waals surface area contributed by atoms with Crippen molar-refractivity contribution in [3.8, 4) is 11.4 Å². The largest absolute Gasteiger partial charge is 0.484 e. The van der Waals surface area contributed by atoms with Gasteiger partial charge < -0.3 is 10.1 Å². The quantitative estimate of drug-likeness (QED) is 0.709. The van der Waals surface area contributed by atoms with Crippen LogP contribution in [0.15, 0.2) is 55.1 Å². The Labute approximate surface area is 156 Å². The second-order valence-electron chi connectivity index (χ2n) is 5.36. The molecule has 6 nitrogen and oxygen atoms in total. The van der Waals surface area contributed by atoms with E-state index in [0.717, 1.165) is 12.1 Å². The molecule has 3 rings (SSSR count). The third-order valence-electron chi connectivity index (χ3n) is 3.43. The van der Waals surface area contributed by atoms with Gasteiger partial charge in [0.25, 0.3) is 5.91 Å². The van der Waals surface area contributed by atoms with Crippen molar-refractivity contribution < 1.29 is 22.7 Å². The minimum absolute atomic E-state index is 0.0671. The number of rotatable bonds is 5. The Morgan fingerprint density at radius 1 is 1.22 bits per heavy atom. The van der Waals surface area contributed by atoms with Gasteiger partial charge in [0.1, 0.15) is 18.4 Å². The Morgan fingerprint density at radius 2 is 2.04 bits per heavy atom. The first-order valence-electron chi connectivity index (χ1n) is 7.57. The predicted octanol–water partition coefficient (Wildman–Crippen LogP) is 3.96. The number of ether oxygens (including phenoxy) is 1. The van der Waals surface area contributed by atoms with Gasteiger partial charge in [-0.15, -0.1) is 0 Å². The number of hydrogen-bond donors (Lipinski definition) is 1. The molecule has 1 heterocycles. The maximum atomic E-state index is 12.7. The lowest BCUT2D eigenvalue weighted by atomic mass is 10.2. The number of hydrogen-bond acceptors (Lipinski definition) is 4. The first kappa shape index (κ1) is 18.7. The second kappa shape index (κ2) is 7.67. The van der Waals surface area contributed by atoms with Crippen LogP contribution >= 0.6 is 11.6 Å². The molecule has 140 valence electrons. The molecule has 0 atom stereocenters. The summed E-state index contributed by atoms with van der Waals surface area (Å²) in [6.45, 7) is -0.482. The molecule has 0 radical (unpaired) electrons. The van der Waals surface area contributed by atoms with E-state index in [0.29, 0.717) is 16.4 Å². The summed E-state index contributed by atoms with van der Waals surface area (Å²) in [4.78, 5) is 16.0. The smallest absolute Gasteiger partial charge is 0.416 e. The summed E-state index contributed by atoms with van der Waals surface area (Å²) in [5, 5.41) is 6.96. The second-order valence-corrected chi connectivity index (χ2v) is 5.80. The molecule has 1 N–H and O–H groups in total. The van der Waals surface area contributed by atoms with E-state index in [9.17, 15) is 18.0 Å². The summed E-state index contributed by atoms with van der Waals surface area (Å²) < 4.78 is 44.7. The van der Waals surface area contributed by atoms with E-state index < -0.39 is 24.3 Å². The zero-order chi connectivity index (χ0) is 19.4. The minimum atomic E-state index is -4.49. The zero-order valence-electron chi connectivity index (χ0n) is 13.6. The van der Waals surface area contributed by atoms with Crippen molar-refractivity contribution in [2.24, 2.45) is 0 Å². The Kier molecular flexibility index (Phi) is 5.31. The van der Waals surface area contributed by atoms with Crippen LogP contribution in [0, 0.1) is 0 Å². The molecule has 0 saturated heterocycles. The number of benzene rings is 2. The minimum Gasteiger partial charge on any atom is -0.484 e. The average Bonchev–Trinajstić information content (AvgIpc) is 3.14. The van der Waals surface area contributed by atoms with Crippen LogP contribution in [-0.4, -0.2) is 27.3 Å². The number of amides is 1. The van der Waals surface area contributed by atoms with Crippen molar-refractivity contribution in [2.75, 3.05) is 11.9 Å². The van der Waals surface area contributed by atoms with Gasteiger partial charge in [-0.25, -0.2) is 9.67 Å². The summed E-state index contributed by atoms with van der Waals surface area (Å²) in [6, 6.07) is 9.06. The van der Waals surface area contributed by atoms with Gasteiger partial charge in [0.2, 0.25) is 0 Å². The van der Waals surface area contributed by atoms with Crippen molar-refractivity contribution in [3.05, 3.63) is 65.7 Å². The number of nitrogens with zero attached hydrogens (tertiary/aromatic N) is 3. The molecule has 1 amide bonds. The lowest BCUT2D eigenvalue weighted by molar-refractivity contribution is -0.137. The van der Waals surface area contributed by atoms with E-state index in [-0.39, 0.29) is 5.75 Å². The van der Waals surface area contributed by atoms with Crippen LogP contribution in [0.1, 0.15) is 5.56 Å². The molecule has 0 fully saturated rings. The van der Waals surface area contributed by atoms with Crippen molar-refractivity contribution in [2.45, 2.75) is 6.18 Å². The number of carbonyl (C=O) groups excluding carboxylic acids is 1. The molecular weight excluding hydrogens is 385 g/mol. The monoisotopic (exact) mass is 396 g/mol. The number of anilines is 1. The SMILES string of the molecule is O=C(COc1cccc(C(F)(F)F)c1)Nc1cc(Cl)ccc1-n1cncn1. The van der Waals surface area contributed by atoms with Crippen molar-refractivity contribution in [1.82, 2.24) is 14.8 Å².